The van der Waals surface area contributed by atoms with Gasteiger partial charge in [-0.1, -0.05) is 11.6 Å². The highest BCUT2D eigenvalue weighted by atomic mass is 35.5. The minimum absolute atomic E-state index is 0.0205. The molecule has 7 nitrogen and oxygen atoms in total. The average Bonchev–Trinajstić information content (AvgIpc) is 3.53. The molecule has 1 atom stereocenters. The van der Waals surface area contributed by atoms with Gasteiger partial charge in [-0.3, -0.25) is 9.59 Å². The van der Waals surface area contributed by atoms with Gasteiger partial charge in [0, 0.05) is 39.2 Å². The zero-order valence-corrected chi connectivity index (χ0v) is 22.2. The molecule has 5 aromatic rings. The van der Waals surface area contributed by atoms with Crippen LogP contribution in [0.15, 0.2) is 73.1 Å². The van der Waals surface area contributed by atoms with Gasteiger partial charge in [0.05, 0.1) is 28.9 Å². The monoisotopic (exact) mass is 607 g/mol. The van der Waals surface area contributed by atoms with Gasteiger partial charge in [-0.2, -0.15) is 23.5 Å². The summed E-state index contributed by atoms with van der Waals surface area (Å²) in [7, 11) is 0. The number of nitrogens with one attached hydrogen (secondary N) is 2. The van der Waals surface area contributed by atoms with Crippen molar-refractivity contribution in [3.63, 3.8) is 0 Å². The van der Waals surface area contributed by atoms with Crippen LogP contribution in [-0.4, -0.2) is 21.4 Å². The molecule has 0 unspecified atom stereocenters. The molecule has 1 aliphatic heterocycles. The molecule has 6 rings (SSSR count). The third kappa shape index (κ3) is 5.04. The molecule has 2 amide bonds. The number of halogens is 6. The molecule has 0 saturated heterocycles. The van der Waals surface area contributed by atoms with Gasteiger partial charge in [0.2, 0.25) is 0 Å². The number of nitrogens with zero attached hydrogens (tertiary/aromatic N) is 3. The number of hydrogen-bond acceptors (Lipinski definition) is 4. The van der Waals surface area contributed by atoms with Crippen molar-refractivity contribution >= 4 is 34.6 Å². The van der Waals surface area contributed by atoms with E-state index in [9.17, 15) is 36.8 Å². The molecule has 13 heteroatoms. The molecular formula is C30H15ClF5N5O2. The Morgan fingerprint density at radius 3 is 2.56 bits per heavy atom. The van der Waals surface area contributed by atoms with Crippen molar-refractivity contribution in [1.82, 2.24) is 14.9 Å². The number of carbonyl (C=O) groups excluding carboxylic acids is 2. The van der Waals surface area contributed by atoms with E-state index in [2.05, 4.69) is 15.7 Å². The minimum atomic E-state index is -4.91. The second-order valence-corrected chi connectivity index (χ2v) is 10.1. The Kier molecular flexibility index (Phi) is 6.62. The summed E-state index contributed by atoms with van der Waals surface area (Å²) in [6, 6.07) is 12.2. The zero-order chi connectivity index (χ0) is 30.6. The molecule has 2 aromatic heterocycles. The second-order valence-electron chi connectivity index (χ2n) is 9.65. The zero-order valence-electron chi connectivity index (χ0n) is 21.4. The fourth-order valence-corrected chi connectivity index (χ4v) is 5.22. The number of anilines is 1. The van der Waals surface area contributed by atoms with Crippen molar-refractivity contribution in [2.45, 2.75) is 12.2 Å². The number of rotatable bonds is 4. The smallest absolute Gasteiger partial charge is 0.341 e. The number of hydrogen-bond donors (Lipinski definition) is 2. The van der Waals surface area contributed by atoms with Crippen molar-refractivity contribution in [3.8, 4) is 17.2 Å². The number of benzene rings is 3. The summed E-state index contributed by atoms with van der Waals surface area (Å²) in [6.45, 7) is 0. The molecule has 43 heavy (non-hydrogen) atoms. The number of aromatic nitrogens is 2. The predicted octanol–water partition coefficient (Wildman–Crippen LogP) is 6.91. The van der Waals surface area contributed by atoms with Crippen LogP contribution in [0.2, 0.25) is 5.02 Å². The van der Waals surface area contributed by atoms with Gasteiger partial charge in [0.1, 0.15) is 17.7 Å². The first-order valence-electron chi connectivity index (χ1n) is 12.4. The highest BCUT2D eigenvalue weighted by molar-refractivity contribution is 6.31. The minimum Gasteiger partial charge on any atom is -0.341 e. The Labute approximate surface area is 244 Å². The number of pyridine rings is 1. The summed E-state index contributed by atoms with van der Waals surface area (Å²) in [4.78, 5) is 26.5. The van der Waals surface area contributed by atoms with Crippen molar-refractivity contribution in [1.29, 1.82) is 5.26 Å². The van der Waals surface area contributed by atoms with Crippen LogP contribution in [-0.2, 0) is 6.18 Å². The summed E-state index contributed by atoms with van der Waals surface area (Å²) in [5.74, 6) is -3.61. The molecule has 0 bridgehead atoms. The van der Waals surface area contributed by atoms with Crippen LogP contribution in [0.3, 0.4) is 0 Å². The van der Waals surface area contributed by atoms with E-state index in [0.717, 1.165) is 12.1 Å². The van der Waals surface area contributed by atoms with Gasteiger partial charge in [0.25, 0.3) is 11.8 Å². The topological polar surface area (TPSA) is 99.3 Å². The number of fused-ring (bicyclic) bond motifs is 2. The first kappa shape index (κ1) is 27.9. The van der Waals surface area contributed by atoms with Gasteiger partial charge in [-0.05, 0) is 71.8 Å². The van der Waals surface area contributed by atoms with E-state index in [1.54, 1.807) is 18.3 Å². The maximum atomic E-state index is 14.2. The van der Waals surface area contributed by atoms with E-state index in [0.29, 0.717) is 28.8 Å². The van der Waals surface area contributed by atoms with Crippen molar-refractivity contribution in [2.24, 2.45) is 0 Å². The summed E-state index contributed by atoms with van der Waals surface area (Å²) >= 11 is 6.33. The van der Waals surface area contributed by atoms with Crippen LogP contribution in [0, 0.1) is 23.0 Å². The first-order valence-corrected chi connectivity index (χ1v) is 12.8. The number of amides is 2. The van der Waals surface area contributed by atoms with Crippen LogP contribution in [0.5, 0.6) is 0 Å². The van der Waals surface area contributed by atoms with E-state index >= 15 is 0 Å². The van der Waals surface area contributed by atoms with Crippen molar-refractivity contribution < 1.29 is 31.5 Å². The molecule has 214 valence electrons. The fourth-order valence-electron chi connectivity index (χ4n) is 5.00. The number of nitriles is 1. The summed E-state index contributed by atoms with van der Waals surface area (Å²) in [5.41, 5.74) is 0.0394. The Balaban J connectivity index is 1.52. The quantitative estimate of drug-likeness (QED) is 0.217. The molecular weight excluding hydrogens is 593 g/mol. The molecule has 0 radical (unpaired) electrons. The molecule has 3 heterocycles. The van der Waals surface area contributed by atoms with Crippen LogP contribution in [0.4, 0.5) is 27.6 Å². The average molecular weight is 608 g/mol. The highest BCUT2D eigenvalue weighted by Crippen LogP contribution is 2.42. The maximum absolute atomic E-state index is 14.2. The third-order valence-electron chi connectivity index (χ3n) is 6.97. The Bertz CT molecular complexity index is 2030. The lowest BCUT2D eigenvalue weighted by atomic mass is 9.92. The predicted molar refractivity (Wildman–Crippen MR) is 145 cm³/mol. The molecule has 0 aliphatic carbocycles. The summed E-state index contributed by atoms with van der Waals surface area (Å²) in [6.07, 6.45) is -1.96. The Morgan fingerprint density at radius 2 is 1.81 bits per heavy atom. The molecule has 3 aromatic carbocycles. The highest BCUT2D eigenvalue weighted by Gasteiger charge is 2.36. The summed E-state index contributed by atoms with van der Waals surface area (Å²) in [5, 5.41) is 18.9. The lowest BCUT2D eigenvalue weighted by molar-refractivity contribution is -0.137. The van der Waals surface area contributed by atoms with Crippen LogP contribution in [0.25, 0.3) is 16.6 Å². The van der Waals surface area contributed by atoms with Crippen LogP contribution < -0.4 is 10.6 Å². The number of alkyl halides is 3. The fraction of sp³-hybridized carbons (Fsp3) is 0.0667. The van der Waals surface area contributed by atoms with E-state index < -0.39 is 46.8 Å². The lowest BCUT2D eigenvalue weighted by Gasteiger charge is -2.19. The van der Waals surface area contributed by atoms with Crippen molar-refractivity contribution in [3.05, 3.63) is 123 Å². The largest absolute Gasteiger partial charge is 0.416 e. The van der Waals surface area contributed by atoms with E-state index in [4.69, 9.17) is 11.6 Å². The second kappa shape index (κ2) is 10.2. The molecule has 0 spiro atoms. The maximum Gasteiger partial charge on any atom is 0.416 e. The molecule has 0 saturated carbocycles. The van der Waals surface area contributed by atoms with E-state index in [-0.39, 0.29) is 39.0 Å². The van der Waals surface area contributed by atoms with E-state index in [1.807, 2.05) is 6.07 Å². The standard InChI is InChI=1S/C30H15ClF5N5O2/c31-23-2-1-19(32)11-21(23)27-26-22(29(43)40-27)7-15(14-3-4-41-25(9-14)17(12-37)13-38-41)8-24(26)39-28(42)16-5-18(30(34,35)36)10-20(33)6-16/h1-11,13,27H,(H,39,42)(H,40,43)/t27-/m1/s1. The molecule has 1 aliphatic rings. The normalized spacial score (nSPS) is 14.3. The molecule has 2 N–H and O–H groups in total. The van der Waals surface area contributed by atoms with Gasteiger partial charge in [0.15, 0.2) is 0 Å². The van der Waals surface area contributed by atoms with E-state index in [1.165, 1.54) is 28.9 Å². The SMILES string of the molecule is N#Cc1cnn2ccc(-c3cc(NC(=O)c4cc(F)cc(C(F)(F)F)c4)c4c(c3)C(=O)N[C@@H]4c3cc(F)ccc3Cl)cc12. The van der Waals surface area contributed by atoms with Crippen molar-refractivity contribution in [2.75, 3.05) is 5.32 Å². The van der Waals surface area contributed by atoms with Gasteiger partial charge in [-0.25, -0.2) is 13.3 Å². The Morgan fingerprint density at radius 1 is 1.02 bits per heavy atom. The van der Waals surface area contributed by atoms with Gasteiger partial charge >= 0.3 is 6.18 Å². The summed E-state index contributed by atoms with van der Waals surface area (Å²) < 4.78 is 69.8. The third-order valence-corrected chi connectivity index (χ3v) is 7.31. The van der Waals surface area contributed by atoms with Gasteiger partial charge in [-0.15, -0.1) is 0 Å². The molecule has 0 fully saturated rings. The van der Waals surface area contributed by atoms with Crippen LogP contribution in [0.1, 0.15) is 49.0 Å². The van der Waals surface area contributed by atoms with Gasteiger partial charge < -0.3 is 10.6 Å². The lowest BCUT2D eigenvalue weighted by Crippen LogP contribution is -2.21. The van der Waals surface area contributed by atoms with Crippen LogP contribution >= 0.6 is 11.6 Å². The Hall–Kier alpha value is -5.28. The first-order chi connectivity index (χ1) is 20.4. The number of carbonyl (C=O) groups is 2.